The van der Waals surface area contributed by atoms with Crippen LogP contribution in [0.2, 0.25) is 0 Å². The van der Waals surface area contributed by atoms with E-state index in [1.165, 1.54) is 94.2 Å². The lowest BCUT2D eigenvalue weighted by Crippen LogP contribution is -2.57. The first-order chi connectivity index (χ1) is 49.2. The lowest BCUT2D eigenvalue weighted by molar-refractivity contribution is -0.203. The number of halogens is 3. The molecule has 8 aliphatic rings. The van der Waals surface area contributed by atoms with Crippen molar-refractivity contribution in [1.29, 1.82) is 0 Å². The van der Waals surface area contributed by atoms with Crippen molar-refractivity contribution < 1.29 is 79.9 Å². The highest BCUT2D eigenvalue weighted by Crippen LogP contribution is 2.64. The molecule has 8 saturated carbocycles. The normalized spacial score (nSPS) is 24.1. The van der Waals surface area contributed by atoms with Gasteiger partial charge in [-0.2, -0.15) is 13.2 Å². The van der Waals surface area contributed by atoms with Gasteiger partial charge in [0, 0.05) is 5.41 Å². The van der Waals surface area contributed by atoms with Crippen LogP contribution in [0.15, 0.2) is 72.8 Å². The number of alkyl halides is 3. The van der Waals surface area contributed by atoms with Crippen molar-refractivity contribution in [3.63, 3.8) is 0 Å². The maximum Gasteiger partial charge on any atom is 0.398 e. The van der Waals surface area contributed by atoms with Crippen LogP contribution in [0.5, 0.6) is 0 Å². The predicted molar refractivity (Wildman–Crippen MR) is 399 cm³/mol. The summed E-state index contributed by atoms with van der Waals surface area (Å²) in [4.78, 5) is 87.9. The van der Waals surface area contributed by atoms with E-state index in [9.17, 15) is 46.7 Å². The van der Waals surface area contributed by atoms with Crippen LogP contribution in [-0.4, -0.2) is 90.2 Å². The molecule has 11 rings (SSSR count). The van der Waals surface area contributed by atoms with Crippen molar-refractivity contribution in [1.82, 2.24) is 0 Å². The van der Waals surface area contributed by atoms with E-state index in [0.29, 0.717) is 47.8 Å². The fourth-order valence-corrected chi connectivity index (χ4v) is 17.4. The first-order valence-electron chi connectivity index (χ1n) is 40.0. The van der Waals surface area contributed by atoms with Crippen LogP contribution in [0.3, 0.4) is 0 Å². The average molecular weight is 1450 g/mol. The number of rotatable bonds is 25. The lowest BCUT2D eigenvalue weighted by atomic mass is 9.46. The van der Waals surface area contributed by atoms with E-state index in [4.69, 9.17) is 33.2 Å². The molecule has 0 saturated heterocycles. The fraction of sp³-hybridized carbons (Fsp3) is 0.713. The zero-order chi connectivity index (χ0) is 76.3. The van der Waals surface area contributed by atoms with E-state index in [2.05, 4.69) is 53.7 Å². The predicted octanol–water partition coefficient (Wildman–Crippen LogP) is 21.7. The van der Waals surface area contributed by atoms with Gasteiger partial charge in [0.1, 0.15) is 35.6 Å². The Hall–Kier alpha value is -6.26. The van der Waals surface area contributed by atoms with E-state index in [0.717, 1.165) is 140 Å². The zero-order valence-electron chi connectivity index (χ0n) is 65.7. The minimum Gasteiger partial charge on any atom is -0.462 e. The molecule has 17 heteroatoms. The molecule has 580 valence electrons. The number of hydrogen-bond donors (Lipinski definition) is 0. The average Bonchev–Trinajstić information content (AvgIpc) is 0.921. The van der Waals surface area contributed by atoms with E-state index >= 15 is 0 Å². The van der Waals surface area contributed by atoms with Gasteiger partial charge in [-0.1, -0.05) is 117 Å². The van der Waals surface area contributed by atoms with Crippen LogP contribution in [0.4, 0.5) is 13.2 Å². The van der Waals surface area contributed by atoms with Gasteiger partial charge >= 0.3 is 48.0 Å². The minimum atomic E-state index is -4.33. The summed E-state index contributed by atoms with van der Waals surface area (Å²) in [5.41, 5.74) is 0.319. The molecule has 0 aromatic heterocycles. The minimum absolute atomic E-state index is 0.0141. The van der Waals surface area contributed by atoms with Gasteiger partial charge in [0.2, 0.25) is 0 Å². The summed E-state index contributed by atoms with van der Waals surface area (Å²) in [6.07, 6.45) is 25.0. The van der Waals surface area contributed by atoms with Gasteiger partial charge in [-0.25, -0.2) is 19.2 Å². The standard InChI is InChI=1S/C31H48O8.C19H25F3O2.C19H28O2.C18H26O2/c1-6-29(2,3)28(35)37-12-11-36-26(33)23-9-7-8-10-24(23)27(34)38-19-25(32)39-30(4,5)31-16-20-13-21(17-31)15-22(14-20)18-31;1-4-17(3,19(20,21)22)15-10-8-14(9-11-15)16(23)24-18(5-2)12-6-7-13-18;1-4-15(3)16-10-9-11-17(14-16)18(20)21-19(5-2)12-7-6-8-13-19;1-4-14(2)15-9-8-10-16(13-15)17(19)20-18(3)11-6-5-7-12-18/h20-24H,6-19H2,1-5H3;8-11H,4-7,12-13H2,1-3H3;9-11,14-15H,4-8,12-13H2,1-3H3;8-10,13-14H,4-7,11-12H2,1-3H3. The number of hydrogen-bond acceptors (Lipinski definition) is 14. The molecule has 4 bridgehead atoms. The van der Waals surface area contributed by atoms with Gasteiger partial charge in [-0.3, -0.25) is 14.4 Å². The Morgan fingerprint density at radius 1 is 0.500 bits per heavy atom. The molecule has 8 aliphatic carbocycles. The quantitative estimate of drug-likeness (QED) is 0.0443. The molecule has 3 aromatic carbocycles. The molecular weight excluding hydrogens is 1330 g/mol. The molecule has 0 N–H and O–H groups in total. The summed E-state index contributed by atoms with van der Waals surface area (Å²) >= 11 is 0. The molecule has 0 spiro atoms. The number of benzene rings is 3. The Labute approximate surface area is 620 Å². The molecule has 14 nitrogen and oxygen atoms in total. The highest BCUT2D eigenvalue weighted by molar-refractivity contribution is 5.91. The molecule has 5 atom stereocenters. The summed E-state index contributed by atoms with van der Waals surface area (Å²) in [6, 6.07) is 21.5. The number of carbonyl (C=O) groups is 7. The van der Waals surface area contributed by atoms with Gasteiger partial charge in [0.25, 0.3) is 0 Å². The molecule has 104 heavy (non-hydrogen) atoms. The molecule has 0 heterocycles. The largest absolute Gasteiger partial charge is 0.462 e. The van der Waals surface area contributed by atoms with Gasteiger partial charge < -0.3 is 33.2 Å². The van der Waals surface area contributed by atoms with Crippen molar-refractivity contribution in [2.24, 2.45) is 40.4 Å². The van der Waals surface area contributed by atoms with E-state index in [1.54, 1.807) is 13.8 Å². The Morgan fingerprint density at radius 3 is 1.36 bits per heavy atom. The number of carbonyl (C=O) groups excluding carboxylic acids is 7. The van der Waals surface area contributed by atoms with Crippen molar-refractivity contribution in [2.45, 2.75) is 335 Å². The molecular formula is C87H127F3O14. The van der Waals surface area contributed by atoms with Crippen LogP contribution in [0.25, 0.3) is 0 Å². The summed E-state index contributed by atoms with van der Waals surface area (Å²) in [7, 11) is 0. The van der Waals surface area contributed by atoms with Crippen LogP contribution in [0, 0.1) is 40.4 Å². The first kappa shape index (κ1) is 85.0. The SMILES string of the molecule is CCC(C)(C)C(=O)OCCOC(=O)C1CCCCC1C(=O)OCC(=O)OC(C)(C)C12CC3CC(CC(C3)C1)C2.CCC(C)c1cccc(C(=O)OC2(C)CCCCC2)c1.CCC(C)c1cccc(C(=O)OC2(CC)CCCCC2)c1.CCC1(OC(=O)c2ccc(C(C)(CC)C(F)(F)F)cc2)CCCC1. The third-order valence-electron chi connectivity index (χ3n) is 25.5. The Balaban J connectivity index is 0.000000203. The Kier molecular flexibility index (Phi) is 30.7. The second-order valence-corrected chi connectivity index (χ2v) is 33.5. The second kappa shape index (κ2) is 37.5. The van der Waals surface area contributed by atoms with Crippen LogP contribution in [0.1, 0.15) is 349 Å². The highest BCUT2D eigenvalue weighted by atomic mass is 19.4. The molecule has 5 unspecified atom stereocenters. The fourth-order valence-electron chi connectivity index (χ4n) is 17.4. The summed E-state index contributed by atoms with van der Waals surface area (Å²) in [5, 5.41) is 0. The van der Waals surface area contributed by atoms with Crippen molar-refractivity contribution in [3.05, 3.63) is 106 Å². The Bertz CT molecular complexity index is 3260. The summed E-state index contributed by atoms with van der Waals surface area (Å²) < 4.78 is 79.4. The first-order valence-corrected chi connectivity index (χ1v) is 40.0. The van der Waals surface area contributed by atoms with Crippen LogP contribution < -0.4 is 0 Å². The monoisotopic (exact) mass is 1450 g/mol. The van der Waals surface area contributed by atoms with Crippen LogP contribution in [-0.2, 0) is 57.8 Å². The molecule has 0 aliphatic heterocycles. The topological polar surface area (TPSA) is 184 Å². The summed E-state index contributed by atoms with van der Waals surface area (Å²) in [6.45, 7) is 26.6. The van der Waals surface area contributed by atoms with E-state index < -0.39 is 70.5 Å². The van der Waals surface area contributed by atoms with Gasteiger partial charge in [0.05, 0.1) is 39.4 Å². The number of esters is 7. The summed E-state index contributed by atoms with van der Waals surface area (Å²) in [5.74, 6) is -0.787. The Morgan fingerprint density at radius 2 is 0.923 bits per heavy atom. The zero-order valence-corrected chi connectivity index (χ0v) is 65.7. The lowest BCUT2D eigenvalue weighted by Gasteiger charge is -2.61. The highest BCUT2D eigenvalue weighted by Gasteiger charge is 2.59. The van der Waals surface area contributed by atoms with Crippen molar-refractivity contribution >= 4 is 41.8 Å². The van der Waals surface area contributed by atoms with Gasteiger partial charge in [-0.05, 0) is 291 Å². The molecule has 8 fully saturated rings. The third-order valence-corrected chi connectivity index (χ3v) is 25.5. The molecule has 0 amide bonds. The second-order valence-electron chi connectivity index (χ2n) is 33.5. The van der Waals surface area contributed by atoms with E-state index in [-0.39, 0.29) is 59.7 Å². The van der Waals surface area contributed by atoms with Gasteiger partial charge in [-0.15, -0.1) is 0 Å². The number of ether oxygens (including phenoxy) is 7. The van der Waals surface area contributed by atoms with E-state index in [1.807, 2.05) is 64.1 Å². The smallest absolute Gasteiger partial charge is 0.398 e. The van der Waals surface area contributed by atoms with Crippen molar-refractivity contribution in [3.8, 4) is 0 Å². The molecule has 0 radical (unpaired) electrons. The maximum atomic E-state index is 13.3. The molecule has 3 aromatic rings. The van der Waals surface area contributed by atoms with Crippen LogP contribution >= 0.6 is 0 Å². The van der Waals surface area contributed by atoms with Crippen molar-refractivity contribution in [2.75, 3.05) is 19.8 Å². The van der Waals surface area contributed by atoms with Gasteiger partial charge in [0.15, 0.2) is 6.61 Å². The third kappa shape index (κ3) is 22.2. The maximum absolute atomic E-state index is 13.3.